The minimum atomic E-state index is -0.140. The zero-order chi connectivity index (χ0) is 20.5. The fourth-order valence-electron chi connectivity index (χ4n) is 3.49. The monoisotopic (exact) mass is 384 g/mol. The largest absolute Gasteiger partial charge is 0.322 e. The fraction of sp³-hybridized carbons (Fsp3) is 0.208. The molecule has 146 valence electrons. The first-order chi connectivity index (χ1) is 14.0. The molecule has 0 atom stereocenters. The summed E-state index contributed by atoms with van der Waals surface area (Å²) < 4.78 is 1.89. The lowest BCUT2D eigenvalue weighted by Crippen LogP contribution is -2.14. The zero-order valence-corrected chi connectivity index (χ0v) is 17.2. The van der Waals surface area contributed by atoms with Gasteiger partial charge in [-0.3, -0.25) is 9.48 Å². The number of hydrogen-bond acceptors (Lipinski definition) is 3. The second-order valence-electron chi connectivity index (χ2n) is 7.33. The minimum Gasteiger partial charge on any atom is -0.322 e. The summed E-state index contributed by atoms with van der Waals surface area (Å²) in [6, 6.07) is 15.7. The van der Waals surface area contributed by atoms with E-state index in [9.17, 15) is 4.79 Å². The first-order valence-corrected chi connectivity index (χ1v) is 9.79. The highest BCUT2D eigenvalue weighted by Crippen LogP contribution is 2.28. The molecule has 0 aliphatic carbocycles. The van der Waals surface area contributed by atoms with Crippen LogP contribution in [0.2, 0.25) is 0 Å². The van der Waals surface area contributed by atoms with Crippen molar-refractivity contribution in [3.63, 3.8) is 0 Å². The van der Waals surface area contributed by atoms with Gasteiger partial charge in [-0.05, 0) is 57.0 Å². The molecule has 1 amide bonds. The van der Waals surface area contributed by atoms with Crippen LogP contribution < -0.4 is 5.32 Å². The third-order valence-electron chi connectivity index (χ3n) is 5.15. The van der Waals surface area contributed by atoms with Gasteiger partial charge in [0.05, 0.1) is 22.5 Å². The fourth-order valence-corrected chi connectivity index (χ4v) is 3.49. The molecule has 0 spiro atoms. The molecule has 5 heteroatoms. The van der Waals surface area contributed by atoms with E-state index in [2.05, 4.69) is 10.4 Å². The summed E-state index contributed by atoms with van der Waals surface area (Å²) in [7, 11) is 0. The van der Waals surface area contributed by atoms with E-state index in [-0.39, 0.29) is 5.91 Å². The first kappa shape index (κ1) is 18.9. The van der Waals surface area contributed by atoms with Crippen molar-refractivity contribution >= 4 is 22.5 Å². The van der Waals surface area contributed by atoms with Crippen LogP contribution in [0, 0.1) is 20.8 Å². The standard InChI is InChI=1S/C24H24N4O/c1-5-28-14-20(17(4)27-28)23-13-19(18-8-6-7-9-21(18)25-23)24(29)26-22-12-15(2)10-11-16(22)3/h6-14H,5H2,1-4H3,(H,26,29). The Morgan fingerprint density at radius 2 is 1.86 bits per heavy atom. The van der Waals surface area contributed by atoms with Crippen molar-refractivity contribution in [1.82, 2.24) is 14.8 Å². The molecule has 29 heavy (non-hydrogen) atoms. The third kappa shape index (κ3) is 3.63. The summed E-state index contributed by atoms with van der Waals surface area (Å²) in [5.74, 6) is -0.140. The van der Waals surface area contributed by atoms with Crippen LogP contribution in [0.5, 0.6) is 0 Å². The Balaban J connectivity index is 1.83. The van der Waals surface area contributed by atoms with Crippen molar-refractivity contribution in [3.05, 3.63) is 77.1 Å². The molecular formula is C24H24N4O. The van der Waals surface area contributed by atoms with E-state index in [0.717, 1.165) is 51.2 Å². The Labute approximate surface area is 170 Å². The lowest BCUT2D eigenvalue weighted by atomic mass is 10.0. The van der Waals surface area contributed by atoms with Crippen LogP contribution in [0.25, 0.3) is 22.2 Å². The van der Waals surface area contributed by atoms with Gasteiger partial charge in [0.25, 0.3) is 5.91 Å². The second kappa shape index (κ2) is 7.51. The molecule has 0 fully saturated rings. The summed E-state index contributed by atoms with van der Waals surface area (Å²) in [4.78, 5) is 18.1. The lowest BCUT2D eigenvalue weighted by Gasteiger charge is -2.12. The number of carbonyl (C=O) groups excluding carboxylic acids is 1. The van der Waals surface area contributed by atoms with Gasteiger partial charge in [0, 0.05) is 29.4 Å². The maximum absolute atomic E-state index is 13.3. The van der Waals surface area contributed by atoms with Gasteiger partial charge in [0.2, 0.25) is 0 Å². The molecule has 0 aliphatic heterocycles. The van der Waals surface area contributed by atoms with Crippen LogP contribution in [-0.2, 0) is 6.54 Å². The molecule has 2 aromatic carbocycles. The van der Waals surface area contributed by atoms with E-state index in [0.29, 0.717) is 5.56 Å². The number of nitrogens with one attached hydrogen (secondary N) is 1. The van der Waals surface area contributed by atoms with Gasteiger partial charge in [-0.15, -0.1) is 0 Å². The molecule has 0 bridgehead atoms. The average molecular weight is 384 g/mol. The van der Waals surface area contributed by atoms with Crippen molar-refractivity contribution in [2.45, 2.75) is 34.2 Å². The zero-order valence-electron chi connectivity index (χ0n) is 17.2. The number of carbonyl (C=O) groups is 1. The van der Waals surface area contributed by atoms with Crippen LogP contribution >= 0.6 is 0 Å². The summed E-state index contributed by atoms with van der Waals surface area (Å²) >= 11 is 0. The summed E-state index contributed by atoms with van der Waals surface area (Å²) in [5.41, 5.74) is 6.96. The Kier molecular flexibility index (Phi) is 4.89. The number of para-hydroxylation sites is 1. The van der Waals surface area contributed by atoms with E-state index in [1.807, 2.05) is 87.1 Å². The number of pyridine rings is 1. The highest BCUT2D eigenvalue weighted by atomic mass is 16.1. The number of nitrogens with zero attached hydrogens (tertiary/aromatic N) is 3. The van der Waals surface area contributed by atoms with Crippen molar-refractivity contribution in [3.8, 4) is 11.3 Å². The number of benzene rings is 2. The van der Waals surface area contributed by atoms with Gasteiger partial charge in [-0.1, -0.05) is 30.3 Å². The molecule has 4 rings (SSSR count). The number of anilines is 1. The molecule has 2 aromatic heterocycles. The molecule has 0 saturated carbocycles. The van der Waals surface area contributed by atoms with Crippen LogP contribution in [0.1, 0.15) is 34.1 Å². The number of amides is 1. The quantitative estimate of drug-likeness (QED) is 0.520. The van der Waals surface area contributed by atoms with Gasteiger partial charge in [0.1, 0.15) is 0 Å². The molecule has 4 aromatic rings. The normalized spacial score (nSPS) is 11.0. The van der Waals surface area contributed by atoms with Crippen LogP contribution in [0.3, 0.4) is 0 Å². The summed E-state index contributed by atoms with van der Waals surface area (Å²) in [5, 5.41) is 8.44. The van der Waals surface area contributed by atoms with Crippen LogP contribution in [0.15, 0.2) is 54.7 Å². The van der Waals surface area contributed by atoms with E-state index in [1.54, 1.807) is 0 Å². The van der Waals surface area contributed by atoms with Crippen LogP contribution in [0.4, 0.5) is 5.69 Å². The predicted molar refractivity (Wildman–Crippen MR) is 117 cm³/mol. The van der Waals surface area contributed by atoms with Crippen molar-refractivity contribution in [2.75, 3.05) is 5.32 Å². The highest BCUT2D eigenvalue weighted by Gasteiger charge is 2.17. The van der Waals surface area contributed by atoms with Gasteiger partial charge >= 0.3 is 0 Å². The first-order valence-electron chi connectivity index (χ1n) is 9.79. The predicted octanol–water partition coefficient (Wildman–Crippen LogP) is 5.30. The second-order valence-corrected chi connectivity index (χ2v) is 7.33. The summed E-state index contributed by atoms with van der Waals surface area (Å²) in [6.07, 6.45) is 1.98. The molecule has 5 nitrogen and oxygen atoms in total. The molecule has 0 unspecified atom stereocenters. The number of hydrogen-bond donors (Lipinski definition) is 1. The van der Waals surface area contributed by atoms with Gasteiger partial charge in [0.15, 0.2) is 0 Å². The molecule has 0 saturated heterocycles. The third-order valence-corrected chi connectivity index (χ3v) is 5.15. The van der Waals surface area contributed by atoms with E-state index < -0.39 is 0 Å². The number of aryl methyl sites for hydroxylation is 4. The average Bonchev–Trinajstić information content (AvgIpc) is 3.10. The van der Waals surface area contributed by atoms with E-state index in [1.165, 1.54) is 0 Å². The SMILES string of the molecule is CCn1cc(-c2cc(C(=O)Nc3cc(C)ccc3C)c3ccccc3n2)c(C)n1. The Hall–Kier alpha value is -3.47. The maximum atomic E-state index is 13.3. The lowest BCUT2D eigenvalue weighted by molar-refractivity contribution is 0.102. The number of aromatic nitrogens is 3. The topological polar surface area (TPSA) is 59.8 Å². The molecule has 0 radical (unpaired) electrons. The Morgan fingerprint density at radius 1 is 1.07 bits per heavy atom. The van der Waals surface area contributed by atoms with Gasteiger partial charge in [-0.25, -0.2) is 4.98 Å². The summed E-state index contributed by atoms with van der Waals surface area (Å²) in [6.45, 7) is 8.81. The minimum absolute atomic E-state index is 0.140. The molecule has 2 heterocycles. The molecule has 0 aliphatic rings. The Morgan fingerprint density at radius 3 is 2.62 bits per heavy atom. The molecular weight excluding hydrogens is 360 g/mol. The van der Waals surface area contributed by atoms with Gasteiger partial charge in [-0.2, -0.15) is 5.10 Å². The molecule has 1 N–H and O–H groups in total. The number of fused-ring (bicyclic) bond motifs is 1. The van der Waals surface area contributed by atoms with E-state index >= 15 is 0 Å². The van der Waals surface area contributed by atoms with Crippen molar-refractivity contribution in [1.29, 1.82) is 0 Å². The van der Waals surface area contributed by atoms with Gasteiger partial charge < -0.3 is 5.32 Å². The number of rotatable bonds is 4. The Bertz CT molecular complexity index is 1220. The maximum Gasteiger partial charge on any atom is 0.256 e. The van der Waals surface area contributed by atoms with Crippen molar-refractivity contribution in [2.24, 2.45) is 0 Å². The smallest absolute Gasteiger partial charge is 0.256 e. The van der Waals surface area contributed by atoms with E-state index in [4.69, 9.17) is 4.98 Å². The van der Waals surface area contributed by atoms with Crippen molar-refractivity contribution < 1.29 is 4.79 Å². The van der Waals surface area contributed by atoms with Crippen LogP contribution in [-0.4, -0.2) is 20.7 Å². The highest BCUT2D eigenvalue weighted by molar-refractivity contribution is 6.13.